The van der Waals surface area contributed by atoms with Crippen molar-refractivity contribution in [2.75, 3.05) is 0 Å². The summed E-state index contributed by atoms with van der Waals surface area (Å²) in [7, 11) is 30.3. The molecule has 2 heterocycles. The Labute approximate surface area is 222 Å². The van der Waals surface area contributed by atoms with Crippen LogP contribution in [0.15, 0.2) is 36.4 Å². The fraction of sp³-hybridized carbons (Fsp3) is 0.273. The highest BCUT2D eigenvalue weighted by Gasteiger charge is 2.49. The molecule has 37 heavy (non-hydrogen) atoms. The van der Waals surface area contributed by atoms with E-state index in [1.165, 1.54) is 24.3 Å². The second kappa shape index (κ2) is 9.38. The van der Waals surface area contributed by atoms with E-state index in [0.717, 1.165) is 17.0 Å². The van der Waals surface area contributed by atoms with Crippen molar-refractivity contribution in [3.05, 3.63) is 63.7 Å². The third-order valence-corrected chi connectivity index (χ3v) is 6.58. The summed E-state index contributed by atoms with van der Waals surface area (Å²) in [6, 6.07) is 5.52. The van der Waals surface area contributed by atoms with Crippen LogP contribution in [0.4, 0.5) is 8.78 Å². The van der Waals surface area contributed by atoms with E-state index < -0.39 is 52.4 Å². The molecular formula is C22H13B5ClF2N3O4. The fourth-order valence-corrected chi connectivity index (χ4v) is 4.52. The quantitative estimate of drug-likeness (QED) is 0.443. The molecule has 10 radical (unpaired) electrons. The Kier molecular flexibility index (Phi) is 6.86. The predicted molar refractivity (Wildman–Crippen MR) is 134 cm³/mol. The number of nitrogens with zero attached hydrogens (tertiary/aromatic N) is 2. The van der Waals surface area contributed by atoms with Gasteiger partial charge >= 0.3 is 5.92 Å². The molecule has 2 aromatic rings. The van der Waals surface area contributed by atoms with Gasteiger partial charge in [0.2, 0.25) is 19.8 Å². The monoisotopic (exact) mass is 511 g/mol. The minimum atomic E-state index is -4.05. The highest BCUT2D eigenvalue weighted by Crippen LogP contribution is 2.39. The van der Waals surface area contributed by atoms with Crippen LogP contribution in [-0.2, 0) is 25.6 Å². The van der Waals surface area contributed by atoms with Gasteiger partial charge in [0.15, 0.2) is 0 Å². The van der Waals surface area contributed by atoms with Crippen LogP contribution in [0.3, 0.4) is 0 Å². The molecule has 1 saturated heterocycles. The molecule has 1 N–H and O–H groups in total. The number of fused-ring (bicyclic) bond motifs is 1. The van der Waals surface area contributed by atoms with E-state index in [2.05, 4.69) is 5.32 Å². The van der Waals surface area contributed by atoms with Gasteiger partial charge in [-0.25, -0.2) is 0 Å². The molecule has 0 bridgehead atoms. The SMILES string of the molecule is [B]c1cc(C([B])N([B])C(=O)C(F)(F)c2ccc(Cl)cc2)cc2c1C(=O)N(C1CCC(=O)NC1=O)C2([B])[B]. The lowest BCUT2D eigenvalue weighted by Gasteiger charge is -2.40. The number of amides is 4. The number of imide groups is 1. The van der Waals surface area contributed by atoms with Crippen molar-refractivity contribution < 1.29 is 28.0 Å². The van der Waals surface area contributed by atoms with Crippen molar-refractivity contribution in [3.8, 4) is 0 Å². The molecule has 0 spiro atoms. The van der Waals surface area contributed by atoms with Crippen molar-refractivity contribution in [2.24, 2.45) is 0 Å². The molecule has 2 unspecified atom stereocenters. The Morgan fingerprint density at radius 1 is 1.19 bits per heavy atom. The van der Waals surface area contributed by atoms with Crippen molar-refractivity contribution >= 4 is 80.1 Å². The maximum Gasteiger partial charge on any atom is 0.348 e. The summed E-state index contributed by atoms with van der Waals surface area (Å²) >= 11 is 5.72. The molecule has 4 amide bonds. The Morgan fingerprint density at radius 2 is 1.81 bits per heavy atom. The van der Waals surface area contributed by atoms with Crippen LogP contribution >= 0.6 is 11.6 Å². The number of carbonyl (C=O) groups is 4. The van der Waals surface area contributed by atoms with Gasteiger partial charge in [0.05, 0.1) is 15.7 Å². The summed E-state index contributed by atoms with van der Waals surface area (Å²) in [6.45, 7) is 0. The van der Waals surface area contributed by atoms with E-state index in [-0.39, 0.29) is 44.8 Å². The summed E-state index contributed by atoms with van der Waals surface area (Å²) in [5.74, 6) is -9.59. The molecule has 0 aliphatic carbocycles. The summed E-state index contributed by atoms with van der Waals surface area (Å²) < 4.78 is 29.7. The normalized spacial score (nSPS) is 19.8. The van der Waals surface area contributed by atoms with Crippen LogP contribution in [0.1, 0.15) is 45.8 Å². The van der Waals surface area contributed by atoms with Gasteiger partial charge in [-0.2, -0.15) is 8.78 Å². The molecule has 2 aliphatic heterocycles. The van der Waals surface area contributed by atoms with Gasteiger partial charge in [-0.3, -0.25) is 24.5 Å². The van der Waals surface area contributed by atoms with E-state index in [0.29, 0.717) is 0 Å². The lowest BCUT2D eigenvalue weighted by molar-refractivity contribution is -0.154. The minimum absolute atomic E-state index is 0.0301. The van der Waals surface area contributed by atoms with Crippen LogP contribution < -0.4 is 10.8 Å². The molecule has 1 fully saturated rings. The lowest BCUT2D eigenvalue weighted by Crippen LogP contribution is -2.59. The first-order chi connectivity index (χ1) is 17.2. The van der Waals surface area contributed by atoms with E-state index in [1.54, 1.807) is 0 Å². The van der Waals surface area contributed by atoms with Crippen molar-refractivity contribution in [3.63, 3.8) is 0 Å². The molecule has 4 rings (SSSR count). The Bertz CT molecular complexity index is 1330. The topological polar surface area (TPSA) is 86.8 Å². The zero-order valence-electron chi connectivity index (χ0n) is 19.1. The van der Waals surface area contributed by atoms with Crippen molar-refractivity contribution in [1.29, 1.82) is 0 Å². The second-order valence-corrected chi connectivity index (χ2v) is 9.18. The van der Waals surface area contributed by atoms with Gasteiger partial charge in [0.25, 0.3) is 11.8 Å². The van der Waals surface area contributed by atoms with E-state index in [1.807, 2.05) is 0 Å². The Balaban J connectivity index is 1.66. The molecular weight excluding hydrogens is 498 g/mol. The minimum Gasteiger partial charge on any atom is -0.393 e. The van der Waals surface area contributed by atoms with E-state index in [9.17, 15) is 28.0 Å². The van der Waals surface area contributed by atoms with Crippen molar-refractivity contribution in [1.82, 2.24) is 15.0 Å². The largest absolute Gasteiger partial charge is 0.393 e. The number of alkyl halides is 2. The first-order valence-corrected chi connectivity index (χ1v) is 11.2. The third-order valence-electron chi connectivity index (χ3n) is 6.33. The summed E-state index contributed by atoms with van der Waals surface area (Å²) in [4.78, 5) is 50.7. The molecule has 0 saturated carbocycles. The zero-order chi connectivity index (χ0) is 27.4. The van der Waals surface area contributed by atoms with Gasteiger partial charge in [-0.15, -0.1) is 0 Å². The lowest BCUT2D eigenvalue weighted by atomic mass is 9.56. The molecule has 2 aromatic carbocycles. The molecule has 7 nitrogen and oxygen atoms in total. The smallest absolute Gasteiger partial charge is 0.348 e. The van der Waals surface area contributed by atoms with Crippen molar-refractivity contribution in [2.45, 2.75) is 36.1 Å². The van der Waals surface area contributed by atoms with Gasteiger partial charge < -0.3 is 9.71 Å². The zero-order valence-corrected chi connectivity index (χ0v) is 19.8. The number of hydrogen-bond acceptors (Lipinski definition) is 4. The van der Waals surface area contributed by atoms with Crippen LogP contribution in [0.25, 0.3) is 0 Å². The molecule has 2 aliphatic rings. The summed E-state index contributed by atoms with van der Waals surface area (Å²) in [6.07, 6.45) is -0.0814. The standard InChI is InChI=1S/C22H13B5ClF2N3O4/c23-13-8-9(17(24)33(27)20(37)21(29,30)10-1-3-11(28)4-2-10)7-12-16(13)19(36)32(22(12,25)26)14-5-6-15(34)31-18(14)35/h1-4,7-8,14,17H,5-6H2,(H,31,34,35). The number of halogens is 3. The average Bonchev–Trinajstić information content (AvgIpc) is 3.03. The fourth-order valence-electron chi connectivity index (χ4n) is 4.39. The van der Waals surface area contributed by atoms with Crippen LogP contribution in [0.2, 0.25) is 5.02 Å². The molecule has 15 heteroatoms. The number of piperidine rings is 1. The van der Waals surface area contributed by atoms with E-state index in [4.69, 9.17) is 51.0 Å². The van der Waals surface area contributed by atoms with Crippen LogP contribution in [0, 0.1) is 0 Å². The number of nitrogens with one attached hydrogen (secondary N) is 1. The first-order valence-electron chi connectivity index (χ1n) is 10.8. The van der Waals surface area contributed by atoms with Crippen LogP contribution in [-0.4, -0.2) is 78.7 Å². The number of rotatable bonds is 5. The second-order valence-electron chi connectivity index (χ2n) is 8.74. The maximum atomic E-state index is 14.9. The van der Waals surface area contributed by atoms with Gasteiger partial charge in [0, 0.05) is 28.5 Å². The highest BCUT2D eigenvalue weighted by molar-refractivity contribution is 6.45. The number of hydrogen-bond donors (Lipinski definition) is 1. The Morgan fingerprint density at radius 3 is 2.41 bits per heavy atom. The Hall–Kier alpha value is -3.01. The first kappa shape index (κ1) is 27.0. The molecule has 2 atom stereocenters. The molecule has 0 aromatic heterocycles. The third kappa shape index (κ3) is 4.49. The van der Waals surface area contributed by atoms with Gasteiger partial charge in [-0.05, 0) is 35.0 Å². The predicted octanol–water partition coefficient (Wildman–Crippen LogP) is -0.287. The van der Waals surface area contributed by atoms with E-state index >= 15 is 0 Å². The van der Waals surface area contributed by atoms with Gasteiger partial charge in [-0.1, -0.05) is 41.3 Å². The summed E-state index contributed by atoms with van der Waals surface area (Å²) in [5, 5.41) is 0.222. The van der Waals surface area contributed by atoms with Crippen LogP contribution in [0.5, 0.6) is 0 Å². The average molecular weight is 511 g/mol. The number of carbonyl (C=O) groups excluding carboxylic acids is 4. The van der Waals surface area contributed by atoms with Gasteiger partial charge in [0.1, 0.15) is 21.7 Å². The maximum absolute atomic E-state index is 14.9. The molecule has 176 valence electrons. The number of benzene rings is 2. The summed E-state index contributed by atoms with van der Waals surface area (Å²) in [5.41, 5.74) is -1.11. The highest BCUT2D eigenvalue weighted by atomic mass is 35.5.